The summed E-state index contributed by atoms with van der Waals surface area (Å²) in [6.45, 7) is 9.40. The SMILES string of the molecule is CCCN(CC1CC1)CC(NC(C)C)(C(N)=O)C1CC1. The topological polar surface area (TPSA) is 58.4 Å². The van der Waals surface area contributed by atoms with Crippen molar-refractivity contribution in [2.45, 2.75) is 64.5 Å². The average molecular weight is 281 g/mol. The van der Waals surface area contributed by atoms with Gasteiger partial charge < -0.3 is 10.6 Å². The maximum Gasteiger partial charge on any atom is 0.239 e. The van der Waals surface area contributed by atoms with Crippen LogP contribution >= 0.6 is 0 Å². The lowest BCUT2D eigenvalue weighted by Crippen LogP contribution is -2.65. The fourth-order valence-corrected chi connectivity index (χ4v) is 3.30. The van der Waals surface area contributed by atoms with Crippen molar-refractivity contribution in [3.8, 4) is 0 Å². The molecule has 1 atom stereocenters. The third-order valence-corrected chi connectivity index (χ3v) is 4.49. The molecule has 2 fully saturated rings. The van der Waals surface area contributed by atoms with Crippen molar-refractivity contribution in [1.82, 2.24) is 10.2 Å². The highest BCUT2D eigenvalue weighted by atomic mass is 16.1. The van der Waals surface area contributed by atoms with Gasteiger partial charge in [0.15, 0.2) is 0 Å². The number of amides is 1. The molecule has 1 amide bonds. The van der Waals surface area contributed by atoms with E-state index in [0.717, 1.165) is 44.8 Å². The van der Waals surface area contributed by atoms with Crippen molar-refractivity contribution in [2.24, 2.45) is 17.6 Å². The number of nitrogens with one attached hydrogen (secondary N) is 1. The lowest BCUT2D eigenvalue weighted by atomic mass is 9.90. The predicted octanol–water partition coefficient (Wildman–Crippen LogP) is 1.74. The molecule has 0 bridgehead atoms. The van der Waals surface area contributed by atoms with Gasteiger partial charge in [-0.2, -0.15) is 0 Å². The fraction of sp³-hybridized carbons (Fsp3) is 0.938. The molecule has 0 aromatic carbocycles. The van der Waals surface area contributed by atoms with Crippen LogP contribution in [0.1, 0.15) is 52.9 Å². The number of hydrogen-bond acceptors (Lipinski definition) is 3. The Balaban J connectivity index is 2.08. The van der Waals surface area contributed by atoms with Crippen molar-refractivity contribution < 1.29 is 4.79 Å². The molecule has 2 saturated carbocycles. The molecule has 4 nitrogen and oxygen atoms in total. The van der Waals surface area contributed by atoms with Crippen molar-refractivity contribution in [2.75, 3.05) is 19.6 Å². The molecule has 0 aliphatic heterocycles. The highest BCUT2D eigenvalue weighted by Crippen LogP contribution is 2.41. The van der Waals surface area contributed by atoms with Gasteiger partial charge in [0.25, 0.3) is 0 Å². The number of rotatable bonds is 10. The number of primary amides is 1. The van der Waals surface area contributed by atoms with Crippen LogP contribution in [0.25, 0.3) is 0 Å². The van der Waals surface area contributed by atoms with Crippen molar-refractivity contribution in [1.29, 1.82) is 0 Å². The molecular weight excluding hydrogens is 250 g/mol. The predicted molar refractivity (Wildman–Crippen MR) is 82.4 cm³/mol. The van der Waals surface area contributed by atoms with E-state index in [1.807, 2.05) is 0 Å². The minimum Gasteiger partial charge on any atom is -0.368 e. The molecule has 0 spiro atoms. The minimum absolute atomic E-state index is 0.161. The lowest BCUT2D eigenvalue weighted by Gasteiger charge is -2.38. The van der Waals surface area contributed by atoms with Gasteiger partial charge in [0.2, 0.25) is 5.91 Å². The van der Waals surface area contributed by atoms with E-state index in [1.165, 1.54) is 12.8 Å². The zero-order valence-electron chi connectivity index (χ0n) is 13.3. The average Bonchev–Trinajstić information content (AvgIpc) is 3.21. The van der Waals surface area contributed by atoms with Gasteiger partial charge in [-0.15, -0.1) is 0 Å². The first-order chi connectivity index (χ1) is 9.48. The van der Waals surface area contributed by atoms with Gasteiger partial charge in [0.05, 0.1) is 0 Å². The number of nitrogens with two attached hydrogens (primary N) is 1. The summed E-state index contributed by atoms with van der Waals surface area (Å²) in [5.41, 5.74) is 5.31. The summed E-state index contributed by atoms with van der Waals surface area (Å²) in [5.74, 6) is 1.12. The van der Waals surface area contributed by atoms with Crippen LogP contribution in [0.2, 0.25) is 0 Å². The minimum atomic E-state index is -0.516. The summed E-state index contributed by atoms with van der Waals surface area (Å²) in [5, 5.41) is 3.52. The van der Waals surface area contributed by atoms with E-state index in [2.05, 4.69) is 31.0 Å². The molecule has 20 heavy (non-hydrogen) atoms. The largest absolute Gasteiger partial charge is 0.368 e. The standard InChI is InChI=1S/C16H31N3O/c1-4-9-19(10-13-5-6-13)11-16(15(17)20,14-7-8-14)18-12(2)3/h12-14,18H,4-11H2,1-3H3,(H2,17,20). The molecule has 2 aliphatic rings. The van der Waals surface area contributed by atoms with E-state index in [9.17, 15) is 4.79 Å². The number of carbonyl (C=O) groups is 1. The summed E-state index contributed by atoms with van der Waals surface area (Å²) in [6.07, 6.45) is 6.10. The van der Waals surface area contributed by atoms with Gasteiger partial charge >= 0.3 is 0 Å². The molecule has 0 radical (unpaired) electrons. The van der Waals surface area contributed by atoms with Gasteiger partial charge in [0.1, 0.15) is 5.54 Å². The Morgan fingerprint density at radius 1 is 1.35 bits per heavy atom. The van der Waals surface area contributed by atoms with E-state index in [4.69, 9.17) is 5.73 Å². The van der Waals surface area contributed by atoms with E-state index in [0.29, 0.717) is 5.92 Å². The fourth-order valence-electron chi connectivity index (χ4n) is 3.30. The number of hydrogen-bond donors (Lipinski definition) is 2. The summed E-state index contributed by atoms with van der Waals surface area (Å²) in [6, 6.07) is 0.285. The maximum absolute atomic E-state index is 12.2. The molecular formula is C16H31N3O. The highest BCUT2D eigenvalue weighted by Gasteiger charge is 2.51. The second kappa shape index (κ2) is 6.44. The first-order valence-electron chi connectivity index (χ1n) is 8.28. The molecule has 1 unspecified atom stereocenters. The lowest BCUT2D eigenvalue weighted by molar-refractivity contribution is -0.126. The van der Waals surface area contributed by atoms with E-state index in [1.54, 1.807) is 0 Å². The quantitative estimate of drug-likeness (QED) is 0.641. The molecule has 2 rings (SSSR count). The monoisotopic (exact) mass is 281 g/mol. The van der Waals surface area contributed by atoms with Crippen LogP contribution in [0.4, 0.5) is 0 Å². The van der Waals surface area contributed by atoms with Crippen LogP contribution in [-0.4, -0.2) is 42.0 Å². The molecule has 0 aromatic rings. The second-order valence-electron chi connectivity index (χ2n) is 7.09. The van der Waals surface area contributed by atoms with Gasteiger partial charge in [-0.3, -0.25) is 10.1 Å². The summed E-state index contributed by atoms with van der Waals surface area (Å²) in [7, 11) is 0. The molecule has 116 valence electrons. The Hall–Kier alpha value is -0.610. The third kappa shape index (κ3) is 3.95. The number of carbonyl (C=O) groups excluding carboxylic acids is 1. The van der Waals surface area contributed by atoms with Crippen LogP contribution < -0.4 is 11.1 Å². The zero-order valence-corrected chi connectivity index (χ0v) is 13.3. The molecule has 3 N–H and O–H groups in total. The van der Waals surface area contributed by atoms with Crippen LogP contribution in [0.3, 0.4) is 0 Å². The normalized spacial score (nSPS) is 22.2. The maximum atomic E-state index is 12.2. The Morgan fingerprint density at radius 3 is 2.40 bits per heavy atom. The Kier molecular flexibility index (Phi) is 5.08. The van der Waals surface area contributed by atoms with Crippen molar-refractivity contribution >= 4 is 5.91 Å². The first-order valence-corrected chi connectivity index (χ1v) is 8.28. The summed E-state index contributed by atoms with van der Waals surface area (Å²) in [4.78, 5) is 14.7. The molecule has 4 heteroatoms. The summed E-state index contributed by atoms with van der Waals surface area (Å²) >= 11 is 0. The van der Waals surface area contributed by atoms with Crippen LogP contribution in [0, 0.1) is 11.8 Å². The Morgan fingerprint density at radius 2 is 2.00 bits per heavy atom. The van der Waals surface area contributed by atoms with Gasteiger partial charge in [0, 0.05) is 19.1 Å². The van der Waals surface area contributed by atoms with E-state index < -0.39 is 5.54 Å². The third-order valence-electron chi connectivity index (χ3n) is 4.49. The first kappa shape index (κ1) is 15.8. The van der Waals surface area contributed by atoms with Crippen molar-refractivity contribution in [3.05, 3.63) is 0 Å². The Bertz CT molecular complexity index is 337. The zero-order chi connectivity index (χ0) is 14.8. The smallest absolute Gasteiger partial charge is 0.239 e. The second-order valence-corrected chi connectivity index (χ2v) is 7.09. The molecule has 0 heterocycles. The summed E-state index contributed by atoms with van der Waals surface area (Å²) < 4.78 is 0. The molecule has 2 aliphatic carbocycles. The Labute approximate surface area is 123 Å². The van der Waals surface area contributed by atoms with Crippen molar-refractivity contribution in [3.63, 3.8) is 0 Å². The highest BCUT2D eigenvalue weighted by molar-refractivity contribution is 5.86. The molecule has 0 aromatic heterocycles. The number of nitrogens with zero attached hydrogens (tertiary/aromatic N) is 1. The van der Waals surface area contributed by atoms with E-state index >= 15 is 0 Å². The van der Waals surface area contributed by atoms with E-state index in [-0.39, 0.29) is 11.9 Å². The van der Waals surface area contributed by atoms with Gasteiger partial charge in [-0.05, 0) is 64.3 Å². The van der Waals surface area contributed by atoms with Crippen LogP contribution in [0.15, 0.2) is 0 Å². The molecule has 0 saturated heterocycles. The van der Waals surface area contributed by atoms with Crippen LogP contribution in [-0.2, 0) is 4.79 Å². The van der Waals surface area contributed by atoms with Gasteiger partial charge in [-0.1, -0.05) is 6.92 Å². The van der Waals surface area contributed by atoms with Crippen LogP contribution in [0.5, 0.6) is 0 Å². The van der Waals surface area contributed by atoms with Gasteiger partial charge in [-0.25, -0.2) is 0 Å².